The van der Waals surface area contributed by atoms with Crippen LogP contribution < -0.4 is 26.6 Å². The van der Waals surface area contributed by atoms with Gasteiger partial charge in [0.05, 0.1) is 12.2 Å². The van der Waals surface area contributed by atoms with Crippen LogP contribution in [-0.2, 0) is 0 Å². The molecule has 0 aromatic carbocycles. The average Bonchev–Trinajstić information content (AvgIpc) is 2.90. The summed E-state index contributed by atoms with van der Waals surface area (Å²) in [5, 5.41) is 39.8. The number of aliphatic hydroxyl groups is 2. The van der Waals surface area contributed by atoms with E-state index < -0.39 is 12.2 Å². The number of piperidine rings is 2. The SMILES string of the molecule is CCCCCCCCCCNc1nc(NCC(O)C2CC(C)(C)NC(C)(C)C2)nc(NCC(O)C2CC(C)(C)NC(C)(C)C2)n1. The van der Waals surface area contributed by atoms with Crippen molar-refractivity contribution in [2.45, 2.75) is 174 Å². The summed E-state index contributed by atoms with van der Waals surface area (Å²) in [6, 6.07) is 0. The normalized spacial score (nSPS) is 22.5. The van der Waals surface area contributed by atoms with Crippen molar-refractivity contribution < 1.29 is 10.2 Å². The molecule has 10 heteroatoms. The Balaban J connectivity index is 1.62. The highest BCUT2D eigenvalue weighted by Gasteiger charge is 2.41. The maximum atomic E-state index is 11.2. The third kappa shape index (κ3) is 13.5. The molecule has 3 heterocycles. The zero-order valence-electron chi connectivity index (χ0n) is 30.2. The highest BCUT2D eigenvalue weighted by Crippen LogP contribution is 2.36. The van der Waals surface area contributed by atoms with Crippen molar-refractivity contribution in [3.63, 3.8) is 0 Å². The van der Waals surface area contributed by atoms with Crippen LogP contribution in [0.2, 0.25) is 0 Å². The summed E-state index contributed by atoms with van der Waals surface area (Å²) in [7, 11) is 0. The number of unbranched alkanes of at least 4 members (excludes halogenated alkanes) is 7. The lowest BCUT2D eigenvalue weighted by atomic mass is 9.73. The van der Waals surface area contributed by atoms with Crippen molar-refractivity contribution >= 4 is 17.8 Å². The molecular formula is C35H68N8O2. The molecule has 1 aromatic heterocycles. The Hall–Kier alpha value is -1.75. The van der Waals surface area contributed by atoms with Crippen LogP contribution in [0.4, 0.5) is 17.8 Å². The smallest absolute Gasteiger partial charge is 0.229 e. The van der Waals surface area contributed by atoms with Gasteiger partial charge in [0.25, 0.3) is 0 Å². The summed E-state index contributed by atoms with van der Waals surface area (Å²) in [4.78, 5) is 13.9. The number of anilines is 3. The van der Waals surface area contributed by atoms with Crippen LogP contribution in [0, 0.1) is 11.8 Å². The molecule has 0 bridgehead atoms. The van der Waals surface area contributed by atoms with Gasteiger partial charge in [-0.25, -0.2) is 0 Å². The Morgan fingerprint density at radius 1 is 0.578 bits per heavy atom. The Morgan fingerprint density at radius 3 is 1.29 bits per heavy atom. The molecule has 2 saturated heterocycles. The van der Waals surface area contributed by atoms with E-state index in [0.29, 0.717) is 30.9 Å². The summed E-state index contributed by atoms with van der Waals surface area (Å²) >= 11 is 0. The van der Waals surface area contributed by atoms with Crippen LogP contribution in [0.3, 0.4) is 0 Å². The lowest BCUT2D eigenvalue weighted by Crippen LogP contribution is -2.59. The lowest BCUT2D eigenvalue weighted by Gasteiger charge is -2.47. The van der Waals surface area contributed by atoms with Gasteiger partial charge in [0.15, 0.2) is 0 Å². The Morgan fingerprint density at radius 2 is 0.911 bits per heavy atom. The van der Waals surface area contributed by atoms with Crippen molar-refractivity contribution in [1.82, 2.24) is 25.6 Å². The van der Waals surface area contributed by atoms with E-state index in [1.807, 2.05) is 0 Å². The van der Waals surface area contributed by atoms with E-state index in [9.17, 15) is 10.2 Å². The molecule has 2 aliphatic heterocycles. The maximum Gasteiger partial charge on any atom is 0.229 e. The second-order valence-electron chi connectivity index (χ2n) is 16.7. The molecule has 260 valence electrons. The molecular weight excluding hydrogens is 564 g/mol. The van der Waals surface area contributed by atoms with Gasteiger partial charge in [-0.1, -0.05) is 51.9 Å². The van der Waals surface area contributed by atoms with Crippen LogP contribution in [0.5, 0.6) is 0 Å². The topological polar surface area (TPSA) is 139 Å². The average molecular weight is 633 g/mol. The summed E-state index contributed by atoms with van der Waals surface area (Å²) in [5.74, 6) is 1.69. The van der Waals surface area contributed by atoms with Gasteiger partial charge in [0.1, 0.15) is 0 Å². The first-order valence-corrected chi connectivity index (χ1v) is 17.9. The minimum absolute atomic E-state index is 0.0378. The van der Waals surface area contributed by atoms with Crippen molar-refractivity contribution in [1.29, 1.82) is 0 Å². The summed E-state index contributed by atoms with van der Waals surface area (Å²) < 4.78 is 0. The number of nitrogens with one attached hydrogen (secondary N) is 5. The molecule has 2 atom stereocenters. The van der Waals surface area contributed by atoms with Gasteiger partial charge >= 0.3 is 0 Å². The van der Waals surface area contributed by atoms with E-state index in [4.69, 9.17) is 0 Å². The Bertz CT molecular complexity index is 933. The fraction of sp³-hybridized carbons (Fsp3) is 0.914. The molecule has 2 fully saturated rings. The summed E-state index contributed by atoms with van der Waals surface area (Å²) in [6.07, 6.45) is 12.6. The fourth-order valence-electron chi connectivity index (χ4n) is 8.14. The molecule has 2 unspecified atom stereocenters. The molecule has 0 aliphatic carbocycles. The molecule has 45 heavy (non-hydrogen) atoms. The van der Waals surface area contributed by atoms with Gasteiger partial charge in [-0.2, -0.15) is 15.0 Å². The van der Waals surface area contributed by atoms with Crippen molar-refractivity contribution in [2.24, 2.45) is 11.8 Å². The minimum Gasteiger partial charge on any atom is -0.391 e. The first kappa shape index (κ1) is 37.7. The third-order valence-corrected chi connectivity index (χ3v) is 9.42. The van der Waals surface area contributed by atoms with E-state index in [1.165, 1.54) is 44.9 Å². The van der Waals surface area contributed by atoms with Crippen LogP contribution >= 0.6 is 0 Å². The number of nitrogens with zero attached hydrogens (tertiary/aromatic N) is 3. The van der Waals surface area contributed by atoms with E-state index in [-0.39, 0.29) is 34.0 Å². The summed E-state index contributed by atoms with van der Waals surface area (Å²) in [5.41, 5.74) is -0.151. The molecule has 1 aromatic rings. The van der Waals surface area contributed by atoms with Crippen molar-refractivity contribution in [3.05, 3.63) is 0 Å². The van der Waals surface area contributed by atoms with Crippen molar-refractivity contribution in [2.75, 3.05) is 35.6 Å². The minimum atomic E-state index is -0.527. The third-order valence-electron chi connectivity index (χ3n) is 9.42. The highest BCUT2D eigenvalue weighted by atomic mass is 16.3. The Kier molecular flexibility index (Phi) is 13.7. The second kappa shape index (κ2) is 16.4. The van der Waals surface area contributed by atoms with Crippen LogP contribution in [0.25, 0.3) is 0 Å². The van der Waals surface area contributed by atoms with E-state index >= 15 is 0 Å². The monoisotopic (exact) mass is 633 g/mol. The number of rotatable bonds is 18. The Labute approximate surface area is 274 Å². The maximum absolute atomic E-state index is 11.2. The molecule has 0 spiro atoms. The predicted molar refractivity (Wildman–Crippen MR) is 188 cm³/mol. The van der Waals surface area contributed by atoms with Crippen LogP contribution in [0.15, 0.2) is 0 Å². The first-order chi connectivity index (χ1) is 21.0. The molecule has 0 saturated carbocycles. The molecule has 10 nitrogen and oxygen atoms in total. The van der Waals surface area contributed by atoms with Gasteiger partial charge in [-0.15, -0.1) is 0 Å². The van der Waals surface area contributed by atoms with E-state index in [0.717, 1.165) is 38.6 Å². The molecule has 0 radical (unpaired) electrons. The van der Waals surface area contributed by atoms with E-state index in [2.05, 4.69) is 104 Å². The molecule has 2 aliphatic rings. The van der Waals surface area contributed by atoms with Gasteiger partial charge in [0.2, 0.25) is 17.8 Å². The first-order valence-electron chi connectivity index (χ1n) is 17.9. The standard InChI is InChI=1S/C35H68N8O2/c1-10-11-12-13-14-15-16-17-18-36-29-39-30(37-23-27(44)25-19-32(2,3)42-33(4,5)20-25)41-31(40-29)38-24-28(45)26-21-34(6,7)43-35(8,9)22-26/h25-28,42-45H,10-24H2,1-9H3,(H3,36,37,38,39,40,41). The molecule has 0 amide bonds. The number of hydrogen-bond donors (Lipinski definition) is 7. The van der Waals surface area contributed by atoms with Gasteiger partial charge < -0.3 is 36.8 Å². The number of aromatic nitrogens is 3. The highest BCUT2D eigenvalue weighted by molar-refractivity contribution is 5.42. The quantitative estimate of drug-likeness (QED) is 0.0953. The number of hydrogen-bond acceptors (Lipinski definition) is 10. The summed E-state index contributed by atoms with van der Waals surface area (Å²) in [6.45, 7) is 21.4. The largest absolute Gasteiger partial charge is 0.391 e. The zero-order chi connectivity index (χ0) is 33.3. The van der Waals surface area contributed by atoms with Crippen LogP contribution in [0.1, 0.15) is 139 Å². The van der Waals surface area contributed by atoms with Gasteiger partial charge in [-0.05, 0) is 99.3 Å². The van der Waals surface area contributed by atoms with Crippen LogP contribution in [-0.4, -0.2) is 79.2 Å². The second-order valence-corrected chi connectivity index (χ2v) is 16.7. The lowest BCUT2D eigenvalue weighted by molar-refractivity contribution is 0.0340. The molecule has 3 rings (SSSR count). The number of aliphatic hydroxyl groups excluding tert-OH is 2. The van der Waals surface area contributed by atoms with Crippen molar-refractivity contribution in [3.8, 4) is 0 Å². The fourth-order valence-corrected chi connectivity index (χ4v) is 8.14. The molecule has 7 N–H and O–H groups in total. The van der Waals surface area contributed by atoms with Gasteiger partial charge in [0, 0.05) is 41.8 Å². The van der Waals surface area contributed by atoms with Gasteiger partial charge in [-0.3, -0.25) is 0 Å². The predicted octanol–water partition coefficient (Wildman–Crippen LogP) is 6.08. The zero-order valence-corrected chi connectivity index (χ0v) is 30.2. The van der Waals surface area contributed by atoms with E-state index in [1.54, 1.807) is 0 Å².